The first kappa shape index (κ1) is 16.0. The highest BCUT2D eigenvalue weighted by Crippen LogP contribution is 2.21. The Hall–Kier alpha value is -2.40. The van der Waals surface area contributed by atoms with Crippen LogP contribution >= 0.6 is 0 Å². The first-order valence-electron chi connectivity index (χ1n) is 6.90. The van der Waals surface area contributed by atoms with Crippen LogP contribution < -0.4 is 10.1 Å². The number of aliphatic hydroxyl groups is 1. The monoisotopic (exact) mass is 303 g/mol. The maximum absolute atomic E-state index is 13.1. The van der Waals surface area contributed by atoms with E-state index < -0.39 is 6.10 Å². The molecule has 22 heavy (non-hydrogen) atoms. The van der Waals surface area contributed by atoms with Crippen molar-refractivity contribution >= 4 is 5.91 Å². The number of hydrogen-bond donors (Lipinski definition) is 2. The number of aryl methyl sites for hydroxylation is 1. The lowest BCUT2D eigenvalue weighted by atomic mass is 10.0. The zero-order valence-electron chi connectivity index (χ0n) is 12.5. The number of halogens is 1. The first-order chi connectivity index (χ1) is 10.5. The topological polar surface area (TPSA) is 58.6 Å². The molecule has 0 radical (unpaired) electrons. The van der Waals surface area contributed by atoms with Gasteiger partial charge >= 0.3 is 0 Å². The zero-order chi connectivity index (χ0) is 16.1. The van der Waals surface area contributed by atoms with E-state index in [9.17, 15) is 14.3 Å². The van der Waals surface area contributed by atoms with Crippen LogP contribution in [0.25, 0.3) is 0 Å². The molecule has 116 valence electrons. The van der Waals surface area contributed by atoms with Crippen molar-refractivity contribution in [2.45, 2.75) is 13.0 Å². The van der Waals surface area contributed by atoms with E-state index in [0.29, 0.717) is 22.4 Å². The van der Waals surface area contributed by atoms with E-state index >= 15 is 0 Å². The fourth-order valence-corrected chi connectivity index (χ4v) is 2.15. The molecular weight excluding hydrogens is 285 g/mol. The summed E-state index contributed by atoms with van der Waals surface area (Å²) < 4.78 is 18.6. The number of amides is 1. The van der Waals surface area contributed by atoms with Crippen LogP contribution in [0.3, 0.4) is 0 Å². The van der Waals surface area contributed by atoms with Crippen molar-refractivity contribution in [2.75, 3.05) is 13.7 Å². The summed E-state index contributed by atoms with van der Waals surface area (Å²) in [4.78, 5) is 11.6. The van der Waals surface area contributed by atoms with Crippen LogP contribution in [0.2, 0.25) is 0 Å². The van der Waals surface area contributed by atoms with E-state index in [1.165, 1.54) is 12.1 Å². The largest absolute Gasteiger partial charge is 0.491 e. The average Bonchev–Trinajstić information content (AvgIpc) is 2.52. The Morgan fingerprint density at radius 1 is 1.32 bits per heavy atom. The summed E-state index contributed by atoms with van der Waals surface area (Å²) in [6.45, 7) is 1.75. The van der Waals surface area contributed by atoms with Gasteiger partial charge in [-0.3, -0.25) is 4.79 Å². The highest BCUT2D eigenvalue weighted by Gasteiger charge is 2.12. The molecule has 1 unspecified atom stereocenters. The summed E-state index contributed by atoms with van der Waals surface area (Å²) in [6, 6.07) is 10.9. The average molecular weight is 303 g/mol. The van der Waals surface area contributed by atoms with Crippen LogP contribution in [0.5, 0.6) is 5.75 Å². The molecular formula is C17H18FNO3. The number of rotatable bonds is 5. The molecule has 5 heteroatoms. The highest BCUT2D eigenvalue weighted by molar-refractivity contribution is 5.94. The number of nitrogens with one attached hydrogen (secondary N) is 1. The molecule has 2 N–H and O–H groups in total. The Morgan fingerprint density at radius 3 is 2.77 bits per heavy atom. The third kappa shape index (κ3) is 3.83. The van der Waals surface area contributed by atoms with Gasteiger partial charge < -0.3 is 15.2 Å². The van der Waals surface area contributed by atoms with Gasteiger partial charge in [0.15, 0.2) is 0 Å². The van der Waals surface area contributed by atoms with Crippen molar-refractivity contribution in [3.63, 3.8) is 0 Å². The van der Waals surface area contributed by atoms with Gasteiger partial charge in [0.2, 0.25) is 0 Å². The van der Waals surface area contributed by atoms with Crippen molar-refractivity contribution in [3.05, 3.63) is 65.0 Å². The minimum Gasteiger partial charge on any atom is -0.491 e. The normalized spacial score (nSPS) is 11.8. The second-order valence-electron chi connectivity index (χ2n) is 4.93. The number of aliphatic hydroxyl groups excluding tert-OH is 1. The number of hydrogen-bond acceptors (Lipinski definition) is 3. The van der Waals surface area contributed by atoms with Gasteiger partial charge in [0, 0.05) is 12.6 Å². The van der Waals surface area contributed by atoms with Gasteiger partial charge in [-0.15, -0.1) is 0 Å². The van der Waals surface area contributed by atoms with Crippen LogP contribution in [0, 0.1) is 12.7 Å². The summed E-state index contributed by atoms with van der Waals surface area (Å²) in [5, 5.41) is 12.7. The number of ether oxygens (including phenoxy) is 1. The molecule has 4 nitrogen and oxygen atoms in total. The predicted molar refractivity (Wildman–Crippen MR) is 81.4 cm³/mol. The molecule has 0 aliphatic carbocycles. The molecule has 0 aliphatic heterocycles. The molecule has 0 saturated heterocycles. The van der Waals surface area contributed by atoms with E-state index in [0.717, 1.165) is 0 Å². The SMILES string of the molecule is CNC(=O)c1cccc(OCC(O)c2ccc(F)cc2C)c1. The lowest BCUT2D eigenvalue weighted by molar-refractivity contribution is 0.0961. The standard InChI is InChI=1S/C17H18FNO3/c1-11-8-13(18)6-7-15(11)16(20)10-22-14-5-3-4-12(9-14)17(21)19-2/h3-9,16,20H,10H2,1-2H3,(H,19,21). The Morgan fingerprint density at radius 2 is 2.09 bits per heavy atom. The van der Waals surface area contributed by atoms with Gasteiger partial charge in [0.25, 0.3) is 5.91 Å². The van der Waals surface area contributed by atoms with Gasteiger partial charge in [-0.1, -0.05) is 12.1 Å². The quantitative estimate of drug-likeness (QED) is 0.892. The van der Waals surface area contributed by atoms with Crippen molar-refractivity contribution in [1.29, 1.82) is 0 Å². The summed E-state index contributed by atoms with van der Waals surface area (Å²) >= 11 is 0. The summed E-state index contributed by atoms with van der Waals surface area (Å²) in [5.41, 5.74) is 1.76. The third-order valence-electron chi connectivity index (χ3n) is 3.32. The molecule has 0 heterocycles. The molecule has 2 aromatic rings. The predicted octanol–water partition coefficient (Wildman–Crippen LogP) is 2.61. The van der Waals surface area contributed by atoms with Crippen LogP contribution in [-0.4, -0.2) is 24.7 Å². The summed E-state index contributed by atoms with van der Waals surface area (Å²) in [5.74, 6) is -0.0621. The Kier molecular flexibility index (Phi) is 5.12. The molecule has 0 aromatic heterocycles. The minimum atomic E-state index is -0.871. The lowest BCUT2D eigenvalue weighted by Crippen LogP contribution is -2.18. The number of benzene rings is 2. The molecule has 1 atom stereocenters. The van der Waals surface area contributed by atoms with E-state index in [4.69, 9.17) is 4.74 Å². The second kappa shape index (κ2) is 7.04. The van der Waals surface area contributed by atoms with Gasteiger partial charge in [0.05, 0.1) is 0 Å². The summed E-state index contributed by atoms with van der Waals surface area (Å²) in [6.07, 6.45) is -0.871. The van der Waals surface area contributed by atoms with Crippen molar-refractivity contribution in [2.24, 2.45) is 0 Å². The van der Waals surface area contributed by atoms with Crippen molar-refractivity contribution < 1.29 is 19.0 Å². The van der Waals surface area contributed by atoms with Crippen LogP contribution in [0.4, 0.5) is 4.39 Å². The first-order valence-corrected chi connectivity index (χ1v) is 6.90. The Balaban J connectivity index is 2.04. The maximum atomic E-state index is 13.1. The molecule has 2 aromatic carbocycles. The van der Waals surface area contributed by atoms with E-state index in [1.54, 1.807) is 44.3 Å². The molecule has 2 rings (SSSR count). The third-order valence-corrected chi connectivity index (χ3v) is 3.32. The maximum Gasteiger partial charge on any atom is 0.251 e. The Labute approximate surface area is 128 Å². The zero-order valence-corrected chi connectivity index (χ0v) is 12.5. The second-order valence-corrected chi connectivity index (χ2v) is 4.93. The molecule has 0 aliphatic rings. The minimum absolute atomic E-state index is 0.0175. The lowest BCUT2D eigenvalue weighted by Gasteiger charge is -2.15. The van der Waals surface area contributed by atoms with Crippen molar-refractivity contribution in [3.8, 4) is 5.75 Å². The molecule has 0 bridgehead atoms. The fraction of sp³-hybridized carbons (Fsp3) is 0.235. The molecule has 1 amide bonds. The molecule has 0 fully saturated rings. The van der Waals surface area contributed by atoms with Gasteiger partial charge in [0.1, 0.15) is 24.3 Å². The summed E-state index contributed by atoms with van der Waals surface area (Å²) in [7, 11) is 1.55. The van der Waals surface area contributed by atoms with E-state index in [2.05, 4.69) is 5.32 Å². The van der Waals surface area contributed by atoms with Gasteiger partial charge in [-0.2, -0.15) is 0 Å². The molecule has 0 spiro atoms. The van der Waals surface area contributed by atoms with Crippen LogP contribution in [-0.2, 0) is 0 Å². The van der Waals surface area contributed by atoms with Crippen molar-refractivity contribution in [1.82, 2.24) is 5.32 Å². The van der Waals surface area contributed by atoms with E-state index in [-0.39, 0.29) is 18.3 Å². The smallest absolute Gasteiger partial charge is 0.251 e. The number of carbonyl (C=O) groups excluding carboxylic acids is 1. The highest BCUT2D eigenvalue weighted by atomic mass is 19.1. The fourth-order valence-electron chi connectivity index (χ4n) is 2.15. The number of carbonyl (C=O) groups is 1. The van der Waals surface area contributed by atoms with Gasteiger partial charge in [-0.05, 0) is 48.4 Å². The van der Waals surface area contributed by atoms with Gasteiger partial charge in [-0.25, -0.2) is 4.39 Å². The van der Waals surface area contributed by atoms with Crippen LogP contribution in [0.15, 0.2) is 42.5 Å². The Bertz CT molecular complexity index is 673. The van der Waals surface area contributed by atoms with Crippen LogP contribution in [0.1, 0.15) is 27.6 Å². The molecule has 0 saturated carbocycles. The van der Waals surface area contributed by atoms with E-state index in [1.807, 2.05) is 0 Å².